The van der Waals surface area contributed by atoms with Gasteiger partial charge in [0.1, 0.15) is 0 Å². The number of nitrogens with one attached hydrogen (secondary N) is 1. The van der Waals surface area contributed by atoms with Crippen molar-refractivity contribution >= 4 is 17.6 Å². The molecule has 0 aromatic heterocycles. The quantitative estimate of drug-likeness (QED) is 0.544. The molecule has 17 heavy (non-hydrogen) atoms. The van der Waals surface area contributed by atoms with Crippen LogP contribution in [0.3, 0.4) is 0 Å². The lowest BCUT2D eigenvalue weighted by molar-refractivity contribution is -0.155. The number of benzene rings is 1. The first-order valence-corrected chi connectivity index (χ1v) is 4.93. The third kappa shape index (κ3) is 3.18. The average molecular weight is 238 g/mol. The molecule has 1 amide bonds. The molecule has 0 aliphatic carbocycles. The maximum Gasteiger partial charge on any atom is 0.337 e. The van der Waals surface area contributed by atoms with Gasteiger partial charge in [0, 0.05) is 5.69 Å². The maximum absolute atomic E-state index is 11.6. The minimum absolute atomic E-state index is 0.244. The van der Waals surface area contributed by atoms with Crippen molar-refractivity contribution in [2.45, 2.75) is 12.5 Å². The van der Waals surface area contributed by atoms with Crippen LogP contribution in [0.4, 0.5) is 5.69 Å². The average Bonchev–Trinajstić information content (AvgIpc) is 2.26. The first-order valence-electron chi connectivity index (χ1n) is 4.93. The number of hydrogen-bond donors (Lipinski definition) is 4. The molecule has 5 N–H and O–H groups in total. The second kappa shape index (κ2) is 4.84. The van der Waals surface area contributed by atoms with Gasteiger partial charge in [-0.1, -0.05) is 12.1 Å². The van der Waals surface area contributed by atoms with E-state index in [9.17, 15) is 14.7 Å². The number of aliphatic carboxylic acids is 1. The molecule has 0 aliphatic rings. The van der Waals surface area contributed by atoms with Gasteiger partial charge in [0.05, 0.1) is 12.1 Å². The zero-order valence-electron chi connectivity index (χ0n) is 9.30. The van der Waals surface area contributed by atoms with Gasteiger partial charge in [0.2, 0.25) is 0 Å². The van der Waals surface area contributed by atoms with E-state index in [0.717, 1.165) is 6.92 Å². The van der Waals surface area contributed by atoms with Crippen molar-refractivity contribution in [3.05, 3.63) is 29.8 Å². The van der Waals surface area contributed by atoms with E-state index in [1.54, 1.807) is 18.2 Å². The van der Waals surface area contributed by atoms with Crippen LogP contribution in [-0.2, 0) is 4.79 Å². The van der Waals surface area contributed by atoms with Gasteiger partial charge in [0.15, 0.2) is 5.60 Å². The predicted molar refractivity (Wildman–Crippen MR) is 61.4 cm³/mol. The second-order valence-corrected chi connectivity index (χ2v) is 3.85. The summed E-state index contributed by atoms with van der Waals surface area (Å²) in [7, 11) is 0. The first-order chi connectivity index (χ1) is 7.84. The summed E-state index contributed by atoms with van der Waals surface area (Å²) < 4.78 is 0. The number of aliphatic hydroxyl groups is 1. The van der Waals surface area contributed by atoms with Crippen LogP contribution in [0.25, 0.3) is 0 Å². The molecule has 0 heterocycles. The van der Waals surface area contributed by atoms with Crippen LogP contribution >= 0.6 is 0 Å². The number of carboxylic acid groups (broad SMARTS) is 1. The largest absolute Gasteiger partial charge is 0.479 e. The van der Waals surface area contributed by atoms with Gasteiger partial charge in [0.25, 0.3) is 5.91 Å². The SMILES string of the molecule is CC(O)(CNC(=O)c1ccccc1N)C(=O)O. The lowest BCUT2D eigenvalue weighted by Gasteiger charge is -2.18. The smallest absolute Gasteiger partial charge is 0.337 e. The summed E-state index contributed by atoms with van der Waals surface area (Å²) in [6.45, 7) is 0.708. The number of rotatable bonds is 4. The number of nitrogen functional groups attached to an aromatic ring is 1. The molecular weight excluding hydrogens is 224 g/mol. The Morgan fingerprint density at radius 2 is 2.00 bits per heavy atom. The Bertz CT molecular complexity index is 443. The number of amides is 1. The molecule has 0 spiro atoms. The van der Waals surface area contributed by atoms with Gasteiger partial charge >= 0.3 is 5.97 Å². The molecule has 0 fully saturated rings. The molecule has 1 atom stereocenters. The topological polar surface area (TPSA) is 113 Å². The Hall–Kier alpha value is -2.08. The lowest BCUT2D eigenvalue weighted by Crippen LogP contribution is -2.46. The minimum atomic E-state index is -2.00. The molecule has 0 aliphatic heterocycles. The van der Waals surface area contributed by atoms with Crippen LogP contribution < -0.4 is 11.1 Å². The molecule has 1 unspecified atom stereocenters. The normalized spacial score (nSPS) is 13.8. The highest BCUT2D eigenvalue weighted by atomic mass is 16.4. The fourth-order valence-corrected chi connectivity index (χ4v) is 1.13. The van der Waals surface area contributed by atoms with E-state index in [1.165, 1.54) is 6.07 Å². The number of nitrogens with two attached hydrogens (primary N) is 1. The summed E-state index contributed by atoms with van der Waals surface area (Å²) in [5.41, 5.74) is 4.12. The molecule has 0 saturated carbocycles. The Labute approximate surface area is 98.1 Å². The number of carbonyl (C=O) groups is 2. The molecule has 1 aromatic rings. The van der Waals surface area contributed by atoms with Gasteiger partial charge in [-0.05, 0) is 19.1 Å². The highest BCUT2D eigenvalue weighted by Crippen LogP contribution is 2.10. The third-order valence-electron chi connectivity index (χ3n) is 2.26. The van der Waals surface area contributed by atoms with E-state index in [0.29, 0.717) is 5.69 Å². The summed E-state index contributed by atoms with van der Waals surface area (Å²) in [6, 6.07) is 6.39. The van der Waals surface area contributed by atoms with E-state index < -0.39 is 24.0 Å². The van der Waals surface area contributed by atoms with Crippen molar-refractivity contribution < 1.29 is 19.8 Å². The zero-order chi connectivity index (χ0) is 13.1. The standard InChI is InChI=1S/C11H14N2O4/c1-11(17,10(15)16)6-13-9(14)7-4-2-3-5-8(7)12/h2-5,17H,6,12H2,1H3,(H,13,14)(H,15,16). The van der Waals surface area contributed by atoms with Gasteiger partial charge in [-0.3, -0.25) is 4.79 Å². The van der Waals surface area contributed by atoms with E-state index in [4.69, 9.17) is 10.8 Å². The van der Waals surface area contributed by atoms with Gasteiger partial charge in [-0.2, -0.15) is 0 Å². The fraction of sp³-hybridized carbons (Fsp3) is 0.273. The van der Waals surface area contributed by atoms with Gasteiger partial charge in [-0.15, -0.1) is 0 Å². The van der Waals surface area contributed by atoms with Crippen LogP contribution in [0.1, 0.15) is 17.3 Å². The molecule has 6 nitrogen and oxygen atoms in total. The van der Waals surface area contributed by atoms with Crippen LogP contribution in [0.2, 0.25) is 0 Å². The van der Waals surface area contributed by atoms with E-state index in [2.05, 4.69) is 5.32 Å². The van der Waals surface area contributed by atoms with E-state index in [1.807, 2.05) is 0 Å². The summed E-state index contributed by atoms with van der Waals surface area (Å²) in [4.78, 5) is 22.3. The zero-order valence-corrected chi connectivity index (χ0v) is 9.30. The lowest BCUT2D eigenvalue weighted by atomic mass is 10.1. The highest BCUT2D eigenvalue weighted by Gasteiger charge is 2.30. The van der Waals surface area contributed by atoms with E-state index in [-0.39, 0.29) is 5.56 Å². The Morgan fingerprint density at radius 3 is 2.53 bits per heavy atom. The summed E-state index contributed by atoms with van der Waals surface area (Å²) in [6.07, 6.45) is 0. The molecule has 1 rings (SSSR count). The molecular formula is C11H14N2O4. The third-order valence-corrected chi connectivity index (χ3v) is 2.26. The van der Waals surface area contributed by atoms with Gasteiger partial charge < -0.3 is 21.3 Å². The van der Waals surface area contributed by atoms with Gasteiger partial charge in [-0.25, -0.2) is 4.79 Å². The van der Waals surface area contributed by atoms with Crippen LogP contribution in [-0.4, -0.2) is 34.2 Å². The van der Waals surface area contributed by atoms with Crippen LogP contribution in [0.15, 0.2) is 24.3 Å². The van der Waals surface area contributed by atoms with Crippen molar-refractivity contribution in [1.29, 1.82) is 0 Å². The first kappa shape index (κ1) is 13.0. The van der Waals surface area contributed by atoms with Crippen LogP contribution in [0.5, 0.6) is 0 Å². The Morgan fingerprint density at radius 1 is 1.41 bits per heavy atom. The van der Waals surface area contributed by atoms with Crippen LogP contribution in [0, 0.1) is 0 Å². The summed E-state index contributed by atoms with van der Waals surface area (Å²) >= 11 is 0. The minimum Gasteiger partial charge on any atom is -0.479 e. The number of carboxylic acids is 1. The summed E-state index contributed by atoms with van der Waals surface area (Å²) in [5, 5.41) is 20.4. The second-order valence-electron chi connectivity index (χ2n) is 3.85. The van der Waals surface area contributed by atoms with E-state index >= 15 is 0 Å². The highest BCUT2D eigenvalue weighted by molar-refractivity contribution is 5.99. The monoisotopic (exact) mass is 238 g/mol. The van der Waals surface area contributed by atoms with Crippen molar-refractivity contribution in [3.63, 3.8) is 0 Å². The Balaban J connectivity index is 2.69. The van der Waals surface area contributed by atoms with Crippen molar-refractivity contribution in [1.82, 2.24) is 5.32 Å². The maximum atomic E-state index is 11.6. The van der Waals surface area contributed by atoms with Crippen molar-refractivity contribution in [2.75, 3.05) is 12.3 Å². The summed E-state index contributed by atoms with van der Waals surface area (Å²) in [5.74, 6) is -1.93. The predicted octanol–water partition coefficient (Wildman–Crippen LogP) is -0.166. The fourth-order valence-electron chi connectivity index (χ4n) is 1.13. The molecule has 92 valence electrons. The Kier molecular flexibility index (Phi) is 3.69. The molecule has 1 aromatic carbocycles. The number of hydrogen-bond acceptors (Lipinski definition) is 4. The van der Waals surface area contributed by atoms with Crippen molar-refractivity contribution in [2.24, 2.45) is 0 Å². The van der Waals surface area contributed by atoms with Crippen molar-refractivity contribution in [3.8, 4) is 0 Å². The number of carbonyl (C=O) groups excluding carboxylic acids is 1. The molecule has 0 radical (unpaired) electrons. The number of para-hydroxylation sites is 1. The molecule has 6 heteroatoms. The number of anilines is 1. The molecule has 0 saturated heterocycles. The molecule has 0 bridgehead atoms.